The van der Waals surface area contributed by atoms with Crippen molar-refractivity contribution < 1.29 is 14.4 Å². The van der Waals surface area contributed by atoms with Crippen LogP contribution in [0.3, 0.4) is 0 Å². The number of nitrogens with one attached hydrogen (secondary N) is 1. The minimum Gasteiger partial charge on any atom is -0.353 e. The van der Waals surface area contributed by atoms with Gasteiger partial charge in [-0.05, 0) is 50.7 Å². The van der Waals surface area contributed by atoms with Gasteiger partial charge >= 0.3 is 0 Å². The lowest BCUT2D eigenvalue weighted by Crippen LogP contribution is -2.51. The molecule has 0 bridgehead atoms. The minimum absolute atomic E-state index is 0.0135. The number of piperidine rings is 2. The molecular weight excluding hydrogens is 354 g/mol. The number of hydrogen-bond acceptors (Lipinski definition) is 3. The summed E-state index contributed by atoms with van der Waals surface area (Å²) in [7, 11) is 0. The topological polar surface area (TPSA) is 69.7 Å². The van der Waals surface area contributed by atoms with Crippen LogP contribution in [-0.2, 0) is 9.59 Å². The number of amides is 3. The maximum atomic E-state index is 13.0. The van der Waals surface area contributed by atoms with E-state index in [1.54, 1.807) is 0 Å². The molecule has 3 aliphatic rings. The molecule has 1 unspecified atom stereocenters. The van der Waals surface area contributed by atoms with Gasteiger partial charge in [-0.3, -0.25) is 14.4 Å². The van der Waals surface area contributed by atoms with E-state index < -0.39 is 0 Å². The van der Waals surface area contributed by atoms with Crippen molar-refractivity contribution in [3.63, 3.8) is 0 Å². The van der Waals surface area contributed by atoms with Crippen LogP contribution in [-0.4, -0.2) is 59.7 Å². The normalized spacial score (nSPS) is 23.4. The fourth-order valence-electron chi connectivity index (χ4n) is 4.29. The van der Waals surface area contributed by atoms with Crippen molar-refractivity contribution in [1.29, 1.82) is 0 Å². The fourth-order valence-corrected chi connectivity index (χ4v) is 4.29. The first-order chi connectivity index (χ1) is 13.6. The number of likely N-dealkylation sites (tertiary alicyclic amines) is 2. The van der Waals surface area contributed by atoms with Crippen LogP contribution in [0.1, 0.15) is 48.9 Å². The maximum absolute atomic E-state index is 13.0. The van der Waals surface area contributed by atoms with E-state index in [4.69, 9.17) is 0 Å². The molecule has 4 rings (SSSR count). The Morgan fingerprint density at radius 3 is 2.21 bits per heavy atom. The van der Waals surface area contributed by atoms with Gasteiger partial charge in [-0.2, -0.15) is 0 Å². The van der Waals surface area contributed by atoms with Crippen molar-refractivity contribution >= 4 is 17.7 Å². The standard InChI is InChI=1S/C22H29N3O3/c26-20(16-8-9-16)23-19-10-13-24(14-11-19)22(28)18-7-4-12-25(15-18)21(27)17-5-2-1-3-6-17/h1-3,5-6,16,18-19H,4,7-15H2,(H,23,26). The molecule has 3 amide bonds. The van der Waals surface area contributed by atoms with Gasteiger partial charge in [0.15, 0.2) is 0 Å². The van der Waals surface area contributed by atoms with E-state index in [0.29, 0.717) is 31.7 Å². The van der Waals surface area contributed by atoms with E-state index in [0.717, 1.165) is 38.5 Å². The summed E-state index contributed by atoms with van der Waals surface area (Å²) in [6.07, 6.45) is 5.39. The Morgan fingerprint density at radius 1 is 0.821 bits per heavy atom. The van der Waals surface area contributed by atoms with Crippen molar-refractivity contribution in [3.05, 3.63) is 35.9 Å². The quantitative estimate of drug-likeness (QED) is 0.865. The summed E-state index contributed by atoms with van der Waals surface area (Å²) >= 11 is 0. The lowest BCUT2D eigenvalue weighted by Gasteiger charge is -2.38. The van der Waals surface area contributed by atoms with Crippen molar-refractivity contribution in [2.75, 3.05) is 26.2 Å². The lowest BCUT2D eigenvalue weighted by atomic mass is 9.94. The van der Waals surface area contributed by atoms with Gasteiger partial charge in [0.25, 0.3) is 5.91 Å². The van der Waals surface area contributed by atoms with Crippen molar-refractivity contribution in [1.82, 2.24) is 15.1 Å². The molecule has 1 saturated carbocycles. The van der Waals surface area contributed by atoms with E-state index in [-0.39, 0.29) is 35.6 Å². The zero-order chi connectivity index (χ0) is 19.5. The highest BCUT2D eigenvalue weighted by molar-refractivity contribution is 5.94. The summed E-state index contributed by atoms with van der Waals surface area (Å²) in [5.74, 6) is 0.485. The molecule has 0 aromatic heterocycles. The highest BCUT2D eigenvalue weighted by atomic mass is 16.2. The molecule has 1 aromatic rings. The summed E-state index contributed by atoms with van der Waals surface area (Å²) < 4.78 is 0. The molecule has 150 valence electrons. The number of rotatable bonds is 4. The van der Waals surface area contributed by atoms with Gasteiger partial charge in [0, 0.05) is 43.7 Å². The van der Waals surface area contributed by atoms with Gasteiger partial charge in [-0.15, -0.1) is 0 Å². The van der Waals surface area contributed by atoms with Crippen LogP contribution in [0.5, 0.6) is 0 Å². The maximum Gasteiger partial charge on any atom is 0.253 e. The highest BCUT2D eigenvalue weighted by Crippen LogP contribution is 2.29. The Morgan fingerprint density at radius 2 is 1.54 bits per heavy atom. The van der Waals surface area contributed by atoms with E-state index in [1.807, 2.05) is 40.1 Å². The second-order valence-corrected chi connectivity index (χ2v) is 8.34. The Kier molecular flexibility index (Phi) is 5.64. The van der Waals surface area contributed by atoms with Gasteiger partial charge in [0.1, 0.15) is 0 Å². The average Bonchev–Trinajstić information content (AvgIpc) is 3.59. The second-order valence-electron chi connectivity index (χ2n) is 8.34. The number of carbonyl (C=O) groups excluding carboxylic acids is 3. The molecule has 28 heavy (non-hydrogen) atoms. The minimum atomic E-state index is -0.112. The van der Waals surface area contributed by atoms with Gasteiger partial charge < -0.3 is 15.1 Å². The molecule has 1 N–H and O–H groups in total. The van der Waals surface area contributed by atoms with Crippen molar-refractivity contribution in [3.8, 4) is 0 Å². The number of hydrogen-bond donors (Lipinski definition) is 1. The van der Waals surface area contributed by atoms with Gasteiger partial charge in [-0.1, -0.05) is 18.2 Å². The summed E-state index contributed by atoms with van der Waals surface area (Å²) in [6.45, 7) is 2.60. The first-order valence-corrected chi connectivity index (χ1v) is 10.6. The van der Waals surface area contributed by atoms with Crippen LogP contribution in [0.2, 0.25) is 0 Å². The number of benzene rings is 1. The Hall–Kier alpha value is -2.37. The van der Waals surface area contributed by atoms with Gasteiger partial charge in [0.05, 0.1) is 5.92 Å². The predicted octanol–water partition coefficient (Wildman–Crippen LogP) is 2.06. The molecule has 0 radical (unpaired) electrons. The zero-order valence-electron chi connectivity index (χ0n) is 16.3. The van der Waals surface area contributed by atoms with E-state index >= 15 is 0 Å². The lowest BCUT2D eigenvalue weighted by molar-refractivity contribution is -0.138. The van der Waals surface area contributed by atoms with Crippen LogP contribution in [0, 0.1) is 11.8 Å². The van der Waals surface area contributed by atoms with Gasteiger partial charge in [-0.25, -0.2) is 0 Å². The van der Waals surface area contributed by atoms with Crippen LogP contribution in [0.15, 0.2) is 30.3 Å². The van der Waals surface area contributed by atoms with Crippen LogP contribution in [0.25, 0.3) is 0 Å². The third-order valence-electron chi connectivity index (χ3n) is 6.18. The average molecular weight is 383 g/mol. The molecule has 1 aliphatic carbocycles. The molecule has 1 aromatic carbocycles. The summed E-state index contributed by atoms with van der Waals surface area (Å²) in [6, 6.07) is 9.48. The number of nitrogens with zero attached hydrogens (tertiary/aromatic N) is 2. The Bertz CT molecular complexity index is 724. The van der Waals surface area contributed by atoms with E-state index in [2.05, 4.69) is 5.32 Å². The molecule has 1 atom stereocenters. The predicted molar refractivity (Wildman–Crippen MR) is 106 cm³/mol. The van der Waals surface area contributed by atoms with Crippen molar-refractivity contribution in [2.45, 2.75) is 44.6 Å². The smallest absolute Gasteiger partial charge is 0.253 e. The molecule has 2 saturated heterocycles. The third kappa shape index (κ3) is 4.37. The molecule has 2 aliphatic heterocycles. The summed E-state index contributed by atoms with van der Waals surface area (Å²) in [4.78, 5) is 41.4. The van der Waals surface area contributed by atoms with Crippen LogP contribution >= 0.6 is 0 Å². The number of carbonyl (C=O) groups is 3. The SMILES string of the molecule is O=C(NC1CCN(C(=O)C2CCCN(C(=O)c3ccccc3)C2)CC1)C1CC1. The molecule has 6 heteroatoms. The van der Waals surface area contributed by atoms with Crippen molar-refractivity contribution in [2.24, 2.45) is 11.8 Å². The van der Waals surface area contributed by atoms with Crippen LogP contribution in [0.4, 0.5) is 0 Å². The Labute approximate surface area is 166 Å². The van der Waals surface area contributed by atoms with Gasteiger partial charge in [0.2, 0.25) is 11.8 Å². The molecule has 6 nitrogen and oxygen atoms in total. The monoisotopic (exact) mass is 383 g/mol. The molecular formula is C22H29N3O3. The molecule has 0 spiro atoms. The molecule has 3 fully saturated rings. The van der Waals surface area contributed by atoms with Crippen LogP contribution < -0.4 is 5.32 Å². The Balaban J connectivity index is 1.28. The second kappa shape index (κ2) is 8.33. The molecule has 2 heterocycles. The zero-order valence-corrected chi connectivity index (χ0v) is 16.3. The first kappa shape index (κ1) is 19.0. The summed E-state index contributed by atoms with van der Waals surface area (Å²) in [5.41, 5.74) is 0.683. The van der Waals surface area contributed by atoms with E-state index in [1.165, 1.54) is 0 Å². The largest absolute Gasteiger partial charge is 0.353 e. The summed E-state index contributed by atoms with van der Waals surface area (Å²) in [5, 5.41) is 3.13. The first-order valence-electron chi connectivity index (χ1n) is 10.6. The third-order valence-corrected chi connectivity index (χ3v) is 6.18. The highest BCUT2D eigenvalue weighted by Gasteiger charge is 2.35. The fraction of sp³-hybridized carbons (Fsp3) is 0.591. The van der Waals surface area contributed by atoms with E-state index in [9.17, 15) is 14.4 Å².